The number of imidazole rings is 1. The van der Waals surface area contributed by atoms with Gasteiger partial charge >= 0.3 is 6.03 Å². The summed E-state index contributed by atoms with van der Waals surface area (Å²) in [7, 11) is 3.12. The number of nitrogens with zero attached hydrogens (tertiary/aromatic N) is 3. The average Bonchev–Trinajstić information content (AvgIpc) is 3.18. The van der Waals surface area contributed by atoms with Gasteiger partial charge in [0.25, 0.3) is 0 Å². The van der Waals surface area contributed by atoms with Crippen LogP contribution >= 0.6 is 0 Å². The molecule has 8 nitrogen and oxygen atoms in total. The number of fused-ring (bicyclic) bond motifs is 1. The molecule has 2 N–H and O–H groups in total. The van der Waals surface area contributed by atoms with E-state index >= 15 is 0 Å². The molecule has 0 radical (unpaired) electrons. The Kier molecular flexibility index (Phi) is 5.98. The lowest BCUT2D eigenvalue weighted by Crippen LogP contribution is -2.31. The van der Waals surface area contributed by atoms with Crippen molar-refractivity contribution in [2.24, 2.45) is 0 Å². The fourth-order valence-electron chi connectivity index (χ4n) is 3.31. The van der Waals surface area contributed by atoms with Gasteiger partial charge < -0.3 is 24.7 Å². The lowest BCUT2D eigenvalue weighted by molar-refractivity contribution is 0.251. The Labute approximate surface area is 179 Å². The van der Waals surface area contributed by atoms with Crippen LogP contribution in [0.25, 0.3) is 22.6 Å². The molecule has 0 unspecified atom stereocenters. The second-order valence-corrected chi connectivity index (χ2v) is 6.78. The van der Waals surface area contributed by atoms with Crippen LogP contribution in [0.4, 0.5) is 10.5 Å². The maximum Gasteiger partial charge on any atom is 0.319 e. The van der Waals surface area contributed by atoms with Crippen LogP contribution in [0.2, 0.25) is 0 Å². The maximum absolute atomic E-state index is 12.4. The number of pyridine rings is 1. The molecule has 0 aliphatic heterocycles. The first-order chi connectivity index (χ1) is 15.2. The van der Waals surface area contributed by atoms with Crippen LogP contribution in [0.5, 0.6) is 11.5 Å². The van der Waals surface area contributed by atoms with Gasteiger partial charge in [0.05, 0.1) is 14.2 Å². The first-order valence-electron chi connectivity index (χ1n) is 9.82. The van der Waals surface area contributed by atoms with Crippen LogP contribution < -0.4 is 20.1 Å². The summed E-state index contributed by atoms with van der Waals surface area (Å²) >= 11 is 0. The highest BCUT2D eigenvalue weighted by atomic mass is 16.5. The average molecular weight is 417 g/mol. The highest BCUT2D eigenvalue weighted by molar-refractivity contribution is 5.89. The molecule has 0 bridgehead atoms. The topological polar surface area (TPSA) is 90.3 Å². The molecular weight excluding hydrogens is 394 g/mol. The van der Waals surface area contributed by atoms with Crippen LogP contribution in [0.15, 0.2) is 66.9 Å². The number of rotatable bonds is 7. The molecule has 0 fully saturated rings. The van der Waals surface area contributed by atoms with Crippen molar-refractivity contribution in [1.29, 1.82) is 0 Å². The number of anilines is 1. The summed E-state index contributed by atoms with van der Waals surface area (Å²) in [6, 6.07) is 18.6. The molecule has 158 valence electrons. The summed E-state index contributed by atoms with van der Waals surface area (Å²) in [6.45, 7) is 0.918. The number of urea groups is 1. The van der Waals surface area contributed by atoms with Crippen LogP contribution in [0.3, 0.4) is 0 Å². The van der Waals surface area contributed by atoms with E-state index in [1.807, 2.05) is 47.0 Å². The van der Waals surface area contributed by atoms with Crippen LogP contribution in [-0.2, 0) is 6.54 Å². The zero-order chi connectivity index (χ0) is 21.6. The fourth-order valence-corrected chi connectivity index (χ4v) is 3.31. The van der Waals surface area contributed by atoms with E-state index in [1.165, 1.54) is 0 Å². The quantitative estimate of drug-likeness (QED) is 0.475. The summed E-state index contributed by atoms with van der Waals surface area (Å²) < 4.78 is 12.5. The van der Waals surface area contributed by atoms with E-state index in [4.69, 9.17) is 14.5 Å². The normalized spacial score (nSPS) is 10.6. The predicted octanol–water partition coefficient (Wildman–Crippen LogP) is 3.94. The zero-order valence-corrected chi connectivity index (χ0v) is 17.3. The van der Waals surface area contributed by atoms with Crippen molar-refractivity contribution in [3.05, 3.63) is 66.9 Å². The van der Waals surface area contributed by atoms with E-state index in [2.05, 4.69) is 15.6 Å². The number of carbonyl (C=O) groups is 1. The Morgan fingerprint density at radius 1 is 1.00 bits per heavy atom. The second-order valence-electron chi connectivity index (χ2n) is 6.78. The molecule has 4 aromatic rings. The molecule has 2 amide bonds. The third-order valence-electron chi connectivity index (χ3n) is 4.77. The molecule has 0 atom stereocenters. The first-order valence-corrected chi connectivity index (χ1v) is 9.82. The Morgan fingerprint density at radius 3 is 2.45 bits per heavy atom. The number of amides is 2. The number of hydrogen-bond donors (Lipinski definition) is 2. The fraction of sp³-hybridized carbons (Fsp3) is 0.174. The van der Waals surface area contributed by atoms with E-state index in [0.29, 0.717) is 30.3 Å². The van der Waals surface area contributed by atoms with E-state index in [0.717, 1.165) is 22.6 Å². The molecule has 8 heteroatoms. The molecule has 0 aliphatic carbocycles. The van der Waals surface area contributed by atoms with E-state index in [1.54, 1.807) is 38.6 Å². The van der Waals surface area contributed by atoms with Crippen LogP contribution in [0.1, 0.15) is 0 Å². The van der Waals surface area contributed by atoms with Crippen molar-refractivity contribution in [2.75, 3.05) is 26.1 Å². The number of hydrogen-bond acceptors (Lipinski definition) is 5. The summed E-state index contributed by atoms with van der Waals surface area (Å²) in [5.74, 6) is 2.00. The molecule has 2 aromatic carbocycles. The van der Waals surface area contributed by atoms with Crippen molar-refractivity contribution < 1.29 is 14.3 Å². The van der Waals surface area contributed by atoms with Crippen molar-refractivity contribution in [1.82, 2.24) is 19.9 Å². The number of benzene rings is 2. The van der Waals surface area contributed by atoms with Gasteiger partial charge in [-0.1, -0.05) is 30.3 Å². The molecule has 0 saturated carbocycles. The smallest absolute Gasteiger partial charge is 0.319 e. The molecule has 31 heavy (non-hydrogen) atoms. The second kappa shape index (κ2) is 9.17. The van der Waals surface area contributed by atoms with Crippen molar-refractivity contribution in [2.45, 2.75) is 6.54 Å². The Morgan fingerprint density at radius 2 is 1.74 bits per heavy atom. The minimum atomic E-state index is -0.325. The Hall–Kier alpha value is -4.07. The molecule has 4 rings (SSSR count). The van der Waals surface area contributed by atoms with Crippen molar-refractivity contribution in [3.63, 3.8) is 0 Å². The van der Waals surface area contributed by atoms with Gasteiger partial charge in [0.15, 0.2) is 5.65 Å². The highest BCUT2D eigenvalue weighted by Crippen LogP contribution is 2.26. The van der Waals surface area contributed by atoms with Crippen LogP contribution in [0, 0.1) is 0 Å². The minimum absolute atomic E-state index is 0.325. The molecule has 0 saturated heterocycles. The monoisotopic (exact) mass is 417 g/mol. The molecular formula is C23H23N5O3. The van der Waals surface area contributed by atoms with Gasteiger partial charge in [-0.25, -0.2) is 14.8 Å². The van der Waals surface area contributed by atoms with Gasteiger partial charge in [0.2, 0.25) is 0 Å². The number of nitrogens with one attached hydrogen (secondary N) is 2. The minimum Gasteiger partial charge on any atom is -0.497 e. The maximum atomic E-state index is 12.4. The summed E-state index contributed by atoms with van der Waals surface area (Å²) in [6.07, 6.45) is 1.74. The van der Waals surface area contributed by atoms with Gasteiger partial charge in [-0.3, -0.25) is 0 Å². The number of carbonyl (C=O) groups excluding carboxylic acids is 1. The summed E-state index contributed by atoms with van der Waals surface area (Å²) in [4.78, 5) is 21.6. The first kappa shape index (κ1) is 20.2. The highest BCUT2D eigenvalue weighted by Gasteiger charge is 2.13. The molecule has 0 spiro atoms. The number of methoxy groups -OCH3 is 2. The van der Waals surface area contributed by atoms with Crippen LogP contribution in [-0.4, -0.2) is 41.3 Å². The number of ether oxygens (including phenoxy) is 2. The summed E-state index contributed by atoms with van der Waals surface area (Å²) in [5, 5.41) is 5.68. The standard InChI is InChI=1S/C23H23N5O3/c1-30-18-13-17(14-19(15-18)31-2)26-23(29)25-11-12-28-21(16-7-4-3-5-8-16)27-20-9-6-10-24-22(20)28/h3-10,13-15H,11-12H2,1-2H3,(H2,25,26,29). The summed E-state index contributed by atoms with van der Waals surface area (Å²) in [5.41, 5.74) is 3.16. The third kappa shape index (κ3) is 4.58. The Balaban J connectivity index is 1.47. The van der Waals surface area contributed by atoms with Gasteiger partial charge in [-0.05, 0) is 12.1 Å². The largest absolute Gasteiger partial charge is 0.497 e. The number of aromatic nitrogens is 3. The predicted molar refractivity (Wildman–Crippen MR) is 120 cm³/mol. The SMILES string of the molecule is COc1cc(NC(=O)NCCn2c(-c3ccccc3)nc3cccnc32)cc(OC)c1. The lowest BCUT2D eigenvalue weighted by Gasteiger charge is -2.12. The van der Waals surface area contributed by atoms with E-state index in [9.17, 15) is 4.79 Å². The molecule has 2 heterocycles. The van der Waals surface area contributed by atoms with Crippen molar-refractivity contribution in [3.8, 4) is 22.9 Å². The van der Waals surface area contributed by atoms with Crippen molar-refractivity contribution >= 4 is 22.9 Å². The lowest BCUT2D eigenvalue weighted by atomic mass is 10.2. The zero-order valence-electron chi connectivity index (χ0n) is 17.3. The van der Waals surface area contributed by atoms with Gasteiger partial charge in [0, 0.05) is 48.7 Å². The third-order valence-corrected chi connectivity index (χ3v) is 4.77. The van der Waals surface area contributed by atoms with Gasteiger partial charge in [-0.15, -0.1) is 0 Å². The van der Waals surface area contributed by atoms with E-state index < -0.39 is 0 Å². The van der Waals surface area contributed by atoms with Gasteiger partial charge in [-0.2, -0.15) is 0 Å². The molecule has 0 aliphatic rings. The Bertz CT molecular complexity index is 1170. The molecule has 2 aromatic heterocycles. The van der Waals surface area contributed by atoms with Gasteiger partial charge in [0.1, 0.15) is 22.8 Å². The van der Waals surface area contributed by atoms with E-state index in [-0.39, 0.29) is 6.03 Å².